The third kappa shape index (κ3) is 7.28. The van der Waals surface area contributed by atoms with Crippen LogP contribution < -0.4 is 0 Å². The number of hydrogen-bond acceptors (Lipinski definition) is 10. The first kappa shape index (κ1) is 33.4. The van der Waals surface area contributed by atoms with E-state index in [1.807, 2.05) is 6.07 Å². The van der Waals surface area contributed by atoms with Crippen molar-refractivity contribution in [2.75, 3.05) is 20.5 Å². The number of nitrogens with zero attached hydrogens (tertiary/aromatic N) is 1. The lowest BCUT2D eigenvalue weighted by atomic mass is 10.2. The van der Waals surface area contributed by atoms with E-state index in [9.17, 15) is 17.8 Å². The minimum absolute atomic E-state index is 0.0638. The Kier molecular flexibility index (Phi) is 10.9. The number of hydrogen-bond donors (Lipinski definition) is 0. The molecule has 2 aromatic rings. The molecule has 0 atom stereocenters. The molecule has 0 unspecified atom stereocenters. The van der Waals surface area contributed by atoms with Gasteiger partial charge in [0.25, 0.3) is 10.0 Å². The van der Waals surface area contributed by atoms with Gasteiger partial charge in [0, 0.05) is 24.5 Å². The van der Waals surface area contributed by atoms with Crippen molar-refractivity contribution in [3.63, 3.8) is 0 Å². The highest BCUT2D eigenvalue weighted by Crippen LogP contribution is 2.49. The van der Waals surface area contributed by atoms with Gasteiger partial charge in [-0.3, -0.25) is 4.57 Å². The smallest absolute Gasteiger partial charge is 0.424 e. The normalized spacial score (nSPS) is 13.7. The zero-order chi connectivity index (χ0) is 29.3. The van der Waals surface area contributed by atoms with Crippen molar-refractivity contribution in [3.8, 4) is 0 Å². The number of amides is 1. The Morgan fingerprint density at radius 1 is 1.00 bits per heavy atom. The Balaban J connectivity index is 2.41. The van der Waals surface area contributed by atoms with Crippen LogP contribution in [0.4, 0.5) is 4.79 Å². The Morgan fingerprint density at radius 2 is 1.53 bits per heavy atom. The average Bonchev–Trinajstić information content (AvgIpc) is 3.35. The fourth-order valence-electron chi connectivity index (χ4n) is 4.76. The van der Waals surface area contributed by atoms with Crippen molar-refractivity contribution in [2.45, 2.75) is 95.4 Å². The van der Waals surface area contributed by atoms with E-state index in [4.69, 9.17) is 18.2 Å². The zero-order valence-corrected chi connectivity index (χ0v) is 28.5. The van der Waals surface area contributed by atoms with E-state index in [2.05, 4.69) is 41.5 Å². The monoisotopic (exact) mass is 627 g/mol. The molecule has 0 aliphatic rings. The van der Waals surface area contributed by atoms with Crippen molar-refractivity contribution in [1.29, 1.82) is 0 Å². The van der Waals surface area contributed by atoms with E-state index in [1.165, 1.54) is 17.4 Å². The molecule has 0 aliphatic carbocycles. The molecular weight excluding hydrogens is 586 g/mol. The number of rotatable bonds is 12. The molecule has 0 fully saturated rings. The highest BCUT2D eigenvalue weighted by Gasteiger charge is 2.45. The standard InChI is InChI=1S/C24H42NO8PS3Si/c1-16(2)38(17(3)4,18(5)6)32-14-20-12-19-13-21(36-22(19)35-20)37(28,29)25(15-34(27,30-10)31-11)23(26)33-24(7,8)9/h12-13,16-18H,14-15H2,1-11H3. The molecule has 0 saturated carbocycles. The van der Waals surface area contributed by atoms with Gasteiger partial charge in [0.05, 0.1) is 10.6 Å². The first-order valence-corrected chi connectivity index (χ1v) is 19.4. The van der Waals surface area contributed by atoms with Gasteiger partial charge in [-0.2, -0.15) is 12.7 Å². The van der Waals surface area contributed by atoms with Gasteiger partial charge >= 0.3 is 13.7 Å². The highest BCUT2D eigenvalue weighted by atomic mass is 32.2. The molecule has 0 aliphatic heterocycles. The van der Waals surface area contributed by atoms with Crippen LogP contribution in [-0.2, 0) is 39.4 Å². The molecule has 14 heteroatoms. The van der Waals surface area contributed by atoms with Gasteiger partial charge in [-0.1, -0.05) is 41.5 Å². The van der Waals surface area contributed by atoms with Gasteiger partial charge < -0.3 is 18.2 Å². The van der Waals surface area contributed by atoms with Crippen LogP contribution in [0.1, 0.15) is 67.2 Å². The highest BCUT2D eigenvalue weighted by molar-refractivity contribution is 7.92. The third-order valence-electron chi connectivity index (χ3n) is 6.41. The molecule has 38 heavy (non-hydrogen) atoms. The second-order valence-electron chi connectivity index (χ2n) is 11.1. The minimum Gasteiger partial charge on any atom is -0.443 e. The predicted molar refractivity (Wildman–Crippen MR) is 157 cm³/mol. The van der Waals surface area contributed by atoms with Crippen molar-refractivity contribution < 1.29 is 36.0 Å². The second-order valence-corrected chi connectivity index (χ2v) is 23.3. The zero-order valence-electron chi connectivity index (χ0n) is 24.2. The summed E-state index contributed by atoms with van der Waals surface area (Å²) >= 11 is 2.52. The van der Waals surface area contributed by atoms with Crippen molar-refractivity contribution in [3.05, 3.63) is 17.0 Å². The molecule has 0 bridgehead atoms. The predicted octanol–water partition coefficient (Wildman–Crippen LogP) is 8.02. The molecule has 9 nitrogen and oxygen atoms in total. The first-order chi connectivity index (χ1) is 17.3. The molecule has 0 saturated heterocycles. The molecule has 0 N–H and O–H groups in total. The molecule has 1 amide bonds. The van der Waals surface area contributed by atoms with E-state index in [1.54, 1.807) is 20.8 Å². The number of thiophene rings is 2. The lowest BCUT2D eigenvalue weighted by molar-refractivity contribution is 0.0402. The SMILES string of the molecule is COP(=O)(CN(C(=O)OC(C)(C)C)S(=O)(=O)c1cc2cc(CO[Si](C(C)C)(C(C)C)C(C)C)sc2s1)OC. The summed E-state index contributed by atoms with van der Waals surface area (Å²) in [4.78, 5) is 13.9. The van der Waals surface area contributed by atoms with E-state index in [0.29, 0.717) is 27.5 Å². The summed E-state index contributed by atoms with van der Waals surface area (Å²) in [6, 6.07) is 3.46. The lowest BCUT2D eigenvalue weighted by Crippen LogP contribution is -2.47. The van der Waals surface area contributed by atoms with Gasteiger partial charge in [0.2, 0.25) is 8.32 Å². The van der Waals surface area contributed by atoms with Crippen molar-refractivity contribution in [1.82, 2.24) is 4.31 Å². The number of fused-ring (bicyclic) bond motifs is 1. The van der Waals surface area contributed by atoms with E-state index in [0.717, 1.165) is 39.8 Å². The van der Waals surface area contributed by atoms with Gasteiger partial charge in [0.15, 0.2) is 0 Å². The topological polar surface area (TPSA) is 108 Å². The summed E-state index contributed by atoms with van der Waals surface area (Å²) in [7, 11) is -8.12. The fraction of sp³-hybridized carbons (Fsp3) is 0.708. The first-order valence-electron chi connectivity index (χ1n) is 12.5. The summed E-state index contributed by atoms with van der Waals surface area (Å²) < 4.78 is 63.0. The van der Waals surface area contributed by atoms with E-state index >= 15 is 0 Å². The van der Waals surface area contributed by atoms with Crippen LogP contribution in [0, 0.1) is 0 Å². The quantitative estimate of drug-likeness (QED) is 0.172. The van der Waals surface area contributed by atoms with Crippen molar-refractivity contribution >= 4 is 64.1 Å². The van der Waals surface area contributed by atoms with Crippen LogP contribution in [0.25, 0.3) is 9.40 Å². The maximum atomic E-state index is 13.6. The van der Waals surface area contributed by atoms with E-state index < -0.39 is 43.9 Å². The maximum absolute atomic E-state index is 13.6. The van der Waals surface area contributed by atoms with Gasteiger partial charge in [-0.15, -0.1) is 22.7 Å². The molecule has 2 aromatic heterocycles. The summed E-state index contributed by atoms with van der Waals surface area (Å²) in [6.07, 6.45) is -1.97. The number of ether oxygens (including phenoxy) is 1. The molecule has 2 rings (SSSR count). The Bertz CT molecular complexity index is 1200. The maximum Gasteiger partial charge on any atom is 0.424 e. The fourth-order valence-corrected chi connectivity index (χ4v) is 16.1. The second kappa shape index (κ2) is 12.4. The Hall–Kier alpha value is -0.793. The van der Waals surface area contributed by atoms with Crippen molar-refractivity contribution in [2.24, 2.45) is 0 Å². The van der Waals surface area contributed by atoms with Gasteiger partial charge in [0.1, 0.15) is 16.1 Å². The van der Waals surface area contributed by atoms with Crippen LogP contribution in [0.5, 0.6) is 0 Å². The number of carbonyl (C=O) groups is 1. The van der Waals surface area contributed by atoms with Crippen LogP contribution in [0.2, 0.25) is 16.6 Å². The number of carbonyl (C=O) groups excluding carboxylic acids is 1. The van der Waals surface area contributed by atoms with E-state index in [-0.39, 0.29) is 4.21 Å². The number of sulfonamides is 1. The molecule has 218 valence electrons. The molecule has 0 aromatic carbocycles. The summed E-state index contributed by atoms with van der Waals surface area (Å²) in [5, 5.41) is 0.744. The molecular formula is C24H42NO8PS3Si. The molecule has 0 radical (unpaired) electrons. The molecule has 0 spiro atoms. The van der Waals surface area contributed by atoms with Crippen LogP contribution in [0.3, 0.4) is 0 Å². The van der Waals surface area contributed by atoms with Crippen LogP contribution in [0.15, 0.2) is 16.3 Å². The minimum atomic E-state index is -4.41. The largest absolute Gasteiger partial charge is 0.443 e. The van der Waals surface area contributed by atoms with Crippen LogP contribution in [-0.4, -0.2) is 53.2 Å². The Labute approximate surface area is 236 Å². The lowest BCUT2D eigenvalue weighted by Gasteiger charge is -2.42. The van der Waals surface area contributed by atoms with Gasteiger partial charge in [-0.05, 0) is 49.5 Å². The molecule has 2 heterocycles. The van der Waals surface area contributed by atoms with Gasteiger partial charge in [-0.25, -0.2) is 4.79 Å². The van der Waals surface area contributed by atoms with Crippen LogP contribution >= 0.6 is 30.3 Å². The third-order valence-corrected chi connectivity index (χ3v) is 18.9. The average molecular weight is 628 g/mol. The Morgan fingerprint density at radius 3 is 1.95 bits per heavy atom. The summed E-state index contributed by atoms with van der Waals surface area (Å²) in [5.74, 6) is 0. The summed E-state index contributed by atoms with van der Waals surface area (Å²) in [6.45, 7) is 18.7. The summed E-state index contributed by atoms with van der Waals surface area (Å²) in [5.41, 5.74) is 0.387.